The minimum atomic E-state index is 0.682. The van der Waals surface area contributed by atoms with Crippen molar-refractivity contribution in [3.05, 3.63) is 81.8 Å². The molecule has 0 amide bonds. The monoisotopic (exact) mass is 468 g/mol. The minimum absolute atomic E-state index is 0.682. The molecule has 4 rings (SSSR count). The standard InChI is InChI=1S/C24H22BrClN2O/c1-17-16-20(12-13-21(17)26)29-15-5-4-14-28-23-7-3-2-6-22(23)27-24(28)18-8-10-19(25)11-9-18/h2-3,6-13,16H,4-5,14-15H2,1H3. The Kier molecular flexibility index (Phi) is 6.22. The molecule has 0 spiro atoms. The van der Waals surface area contributed by atoms with E-state index in [2.05, 4.69) is 63.0 Å². The molecule has 3 aromatic carbocycles. The molecule has 29 heavy (non-hydrogen) atoms. The number of aryl methyl sites for hydroxylation is 2. The van der Waals surface area contributed by atoms with Gasteiger partial charge in [-0.1, -0.05) is 51.8 Å². The molecule has 0 unspecified atom stereocenters. The highest BCUT2D eigenvalue weighted by Crippen LogP contribution is 2.27. The molecule has 0 N–H and O–H groups in total. The number of nitrogens with zero attached hydrogens (tertiary/aromatic N) is 2. The summed E-state index contributed by atoms with van der Waals surface area (Å²) in [5.74, 6) is 1.88. The number of imidazole rings is 1. The van der Waals surface area contributed by atoms with Crippen molar-refractivity contribution in [2.75, 3.05) is 6.61 Å². The Morgan fingerprint density at radius 1 is 1.00 bits per heavy atom. The first-order valence-corrected chi connectivity index (χ1v) is 10.9. The van der Waals surface area contributed by atoms with E-state index in [9.17, 15) is 0 Å². The fraction of sp³-hybridized carbons (Fsp3) is 0.208. The van der Waals surface area contributed by atoms with Gasteiger partial charge in [0.1, 0.15) is 11.6 Å². The Bertz CT molecular complexity index is 1120. The Morgan fingerprint density at radius 3 is 2.59 bits per heavy atom. The van der Waals surface area contributed by atoms with Crippen molar-refractivity contribution in [3.8, 4) is 17.1 Å². The van der Waals surface area contributed by atoms with E-state index < -0.39 is 0 Å². The molecule has 4 aromatic rings. The number of para-hydroxylation sites is 2. The first kappa shape index (κ1) is 20.0. The average Bonchev–Trinajstić information content (AvgIpc) is 3.09. The van der Waals surface area contributed by atoms with Crippen LogP contribution in [0, 0.1) is 6.92 Å². The molecule has 0 aliphatic heterocycles. The number of ether oxygens (including phenoxy) is 1. The van der Waals surface area contributed by atoms with Crippen LogP contribution in [0.2, 0.25) is 5.02 Å². The van der Waals surface area contributed by atoms with Gasteiger partial charge in [-0.05, 0) is 67.8 Å². The topological polar surface area (TPSA) is 27.1 Å². The number of hydrogen-bond donors (Lipinski definition) is 0. The van der Waals surface area contributed by atoms with Gasteiger partial charge < -0.3 is 9.30 Å². The molecule has 3 nitrogen and oxygen atoms in total. The van der Waals surface area contributed by atoms with Crippen LogP contribution in [-0.4, -0.2) is 16.2 Å². The summed E-state index contributed by atoms with van der Waals surface area (Å²) in [7, 11) is 0. The molecule has 1 heterocycles. The summed E-state index contributed by atoms with van der Waals surface area (Å²) in [4.78, 5) is 4.88. The van der Waals surface area contributed by atoms with Crippen LogP contribution in [0.3, 0.4) is 0 Å². The molecule has 1 aromatic heterocycles. The number of fused-ring (bicyclic) bond motifs is 1. The van der Waals surface area contributed by atoms with E-state index in [0.29, 0.717) is 6.61 Å². The van der Waals surface area contributed by atoms with E-state index >= 15 is 0 Å². The number of rotatable bonds is 7. The molecule has 0 aliphatic rings. The second-order valence-electron chi connectivity index (χ2n) is 7.05. The van der Waals surface area contributed by atoms with Crippen LogP contribution in [0.5, 0.6) is 5.75 Å². The summed E-state index contributed by atoms with van der Waals surface area (Å²) in [5.41, 5.74) is 4.35. The Morgan fingerprint density at radius 2 is 1.79 bits per heavy atom. The second-order valence-corrected chi connectivity index (χ2v) is 8.37. The maximum Gasteiger partial charge on any atom is 0.141 e. The molecule has 148 valence electrons. The van der Waals surface area contributed by atoms with Crippen LogP contribution < -0.4 is 4.74 Å². The number of benzene rings is 3. The SMILES string of the molecule is Cc1cc(OCCCCn2c(-c3ccc(Br)cc3)nc3ccccc32)ccc1Cl. The molecule has 5 heteroatoms. The number of aromatic nitrogens is 2. The number of unbranched alkanes of at least 4 members (excludes halogenated alkanes) is 1. The van der Waals surface area contributed by atoms with Crippen molar-refractivity contribution in [1.29, 1.82) is 0 Å². The molecule has 0 radical (unpaired) electrons. The van der Waals surface area contributed by atoms with Crippen LogP contribution in [0.4, 0.5) is 0 Å². The number of hydrogen-bond acceptors (Lipinski definition) is 2. The lowest BCUT2D eigenvalue weighted by atomic mass is 10.2. The van der Waals surface area contributed by atoms with Crippen LogP contribution in [0.25, 0.3) is 22.4 Å². The fourth-order valence-corrected chi connectivity index (χ4v) is 3.77. The summed E-state index contributed by atoms with van der Waals surface area (Å²) in [6.45, 7) is 3.57. The van der Waals surface area contributed by atoms with Gasteiger partial charge in [0.25, 0.3) is 0 Å². The predicted octanol–water partition coefficient (Wildman–Crippen LogP) is 7.29. The quantitative estimate of drug-likeness (QED) is 0.266. The smallest absolute Gasteiger partial charge is 0.141 e. The van der Waals surface area contributed by atoms with E-state index in [1.54, 1.807) is 0 Å². The highest BCUT2D eigenvalue weighted by molar-refractivity contribution is 9.10. The molecule has 0 bridgehead atoms. The highest BCUT2D eigenvalue weighted by atomic mass is 79.9. The summed E-state index contributed by atoms with van der Waals surface area (Å²) < 4.78 is 9.27. The van der Waals surface area contributed by atoms with E-state index in [4.69, 9.17) is 21.3 Å². The molecule has 0 fully saturated rings. The van der Waals surface area contributed by atoms with Crippen molar-refractivity contribution in [1.82, 2.24) is 9.55 Å². The van der Waals surface area contributed by atoms with Crippen molar-refractivity contribution >= 4 is 38.6 Å². The maximum absolute atomic E-state index is 6.08. The predicted molar refractivity (Wildman–Crippen MR) is 124 cm³/mol. The lowest BCUT2D eigenvalue weighted by molar-refractivity contribution is 0.303. The zero-order chi connectivity index (χ0) is 20.2. The van der Waals surface area contributed by atoms with Crippen molar-refractivity contribution < 1.29 is 4.74 Å². The molecular formula is C24H22BrClN2O. The Balaban J connectivity index is 1.45. The lowest BCUT2D eigenvalue weighted by Gasteiger charge is -2.11. The van der Waals surface area contributed by atoms with Gasteiger partial charge in [-0.25, -0.2) is 4.98 Å². The van der Waals surface area contributed by atoms with Gasteiger partial charge >= 0.3 is 0 Å². The zero-order valence-electron chi connectivity index (χ0n) is 16.2. The van der Waals surface area contributed by atoms with E-state index in [-0.39, 0.29) is 0 Å². The number of halogens is 2. The van der Waals surface area contributed by atoms with Crippen molar-refractivity contribution in [2.45, 2.75) is 26.3 Å². The van der Waals surface area contributed by atoms with Crippen molar-refractivity contribution in [2.24, 2.45) is 0 Å². The van der Waals surface area contributed by atoms with Crippen LogP contribution in [0.15, 0.2) is 71.2 Å². The third-order valence-electron chi connectivity index (χ3n) is 4.93. The summed E-state index contributed by atoms with van der Waals surface area (Å²) >= 11 is 9.59. The first-order valence-electron chi connectivity index (χ1n) is 9.72. The van der Waals surface area contributed by atoms with Gasteiger partial charge in [0.15, 0.2) is 0 Å². The molecule has 0 atom stereocenters. The first-order chi connectivity index (χ1) is 14.1. The van der Waals surface area contributed by atoms with Crippen LogP contribution in [0.1, 0.15) is 18.4 Å². The second kappa shape index (κ2) is 9.02. The average molecular weight is 470 g/mol. The summed E-state index contributed by atoms with van der Waals surface area (Å²) in [5, 5.41) is 0.768. The van der Waals surface area contributed by atoms with Crippen LogP contribution >= 0.6 is 27.5 Å². The van der Waals surface area contributed by atoms with Gasteiger partial charge in [0.2, 0.25) is 0 Å². The van der Waals surface area contributed by atoms with Gasteiger partial charge in [-0.3, -0.25) is 0 Å². The summed E-state index contributed by atoms with van der Waals surface area (Å²) in [6, 6.07) is 22.4. The zero-order valence-corrected chi connectivity index (χ0v) is 18.6. The van der Waals surface area contributed by atoms with Gasteiger partial charge in [0, 0.05) is 21.6 Å². The van der Waals surface area contributed by atoms with Gasteiger partial charge in [-0.2, -0.15) is 0 Å². The Labute approximate surface area is 184 Å². The van der Waals surface area contributed by atoms with Crippen molar-refractivity contribution in [3.63, 3.8) is 0 Å². The highest BCUT2D eigenvalue weighted by Gasteiger charge is 2.12. The third-order valence-corrected chi connectivity index (χ3v) is 5.88. The third kappa shape index (κ3) is 4.65. The largest absolute Gasteiger partial charge is 0.494 e. The van der Waals surface area contributed by atoms with Crippen LogP contribution in [-0.2, 0) is 6.54 Å². The fourth-order valence-electron chi connectivity index (χ4n) is 3.39. The summed E-state index contributed by atoms with van der Waals surface area (Å²) in [6.07, 6.45) is 1.98. The lowest BCUT2D eigenvalue weighted by Crippen LogP contribution is -2.04. The van der Waals surface area contributed by atoms with E-state index in [1.165, 1.54) is 5.52 Å². The van der Waals surface area contributed by atoms with Gasteiger partial charge in [-0.15, -0.1) is 0 Å². The van der Waals surface area contributed by atoms with E-state index in [1.807, 2.05) is 31.2 Å². The molecule has 0 saturated carbocycles. The molecular weight excluding hydrogens is 448 g/mol. The molecule has 0 saturated heterocycles. The van der Waals surface area contributed by atoms with E-state index in [0.717, 1.165) is 57.1 Å². The maximum atomic E-state index is 6.08. The Hall–Kier alpha value is -2.30. The molecule has 0 aliphatic carbocycles. The normalized spacial score (nSPS) is 11.1. The van der Waals surface area contributed by atoms with Gasteiger partial charge in [0.05, 0.1) is 17.6 Å². The minimum Gasteiger partial charge on any atom is -0.494 e.